The Bertz CT molecular complexity index is 936. The predicted molar refractivity (Wildman–Crippen MR) is 91.6 cm³/mol. The van der Waals surface area contributed by atoms with Crippen molar-refractivity contribution in [1.82, 2.24) is 9.97 Å². The second-order valence-corrected chi connectivity index (χ2v) is 5.79. The molecule has 0 fully saturated rings. The van der Waals surface area contributed by atoms with Gasteiger partial charge in [-0.3, -0.25) is 4.79 Å². The number of halogens is 4. The maximum Gasteiger partial charge on any atom is 0.411 e. The van der Waals surface area contributed by atoms with E-state index in [2.05, 4.69) is 20.0 Å². The van der Waals surface area contributed by atoms with Crippen molar-refractivity contribution in [3.63, 3.8) is 0 Å². The van der Waals surface area contributed by atoms with Gasteiger partial charge in [-0.2, -0.15) is 13.2 Å². The van der Waals surface area contributed by atoms with E-state index in [1.54, 1.807) is 30.3 Å². The summed E-state index contributed by atoms with van der Waals surface area (Å²) in [5, 5.41) is 2.59. The van der Waals surface area contributed by atoms with Gasteiger partial charge in [-0.25, -0.2) is 9.37 Å². The Morgan fingerprint density at radius 1 is 1.15 bits per heavy atom. The lowest BCUT2D eigenvalue weighted by Crippen LogP contribution is -2.20. The van der Waals surface area contributed by atoms with Crippen LogP contribution in [0, 0.1) is 5.82 Å². The molecule has 5 nitrogen and oxygen atoms in total. The number of nitrogens with zero attached hydrogens (tertiary/aromatic N) is 1. The largest absolute Gasteiger partial charge is 0.411 e. The molecule has 0 aliphatic carbocycles. The van der Waals surface area contributed by atoms with Crippen molar-refractivity contribution in [3.8, 4) is 11.4 Å². The second kappa shape index (κ2) is 7.75. The van der Waals surface area contributed by atoms with Crippen LogP contribution in [-0.4, -0.2) is 35.3 Å². The zero-order valence-corrected chi connectivity index (χ0v) is 13.9. The standard InChI is InChI=1S/C18H15F4N3O2/c19-12-3-1-11(2-4-12)17-24-14-6-5-13(9-15(14)25-17)23-16(26)7-8-27-10-18(20,21)22/h1-6,9H,7-8,10H2,(H,23,26)(H,24,25). The third kappa shape index (κ3) is 5.27. The van der Waals surface area contributed by atoms with Crippen molar-refractivity contribution in [1.29, 1.82) is 0 Å². The number of ether oxygens (including phenoxy) is 1. The average Bonchev–Trinajstić information content (AvgIpc) is 3.02. The van der Waals surface area contributed by atoms with Crippen LogP contribution in [0.1, 0.15) is 6.42 Å². The van der Waals surface area contributed by atoms with Crippen molar-refractivity contribution in [2.24, 2.45) is 0 Å². The van der Waals surface area contributed by atoms with Gasteiger partial charge in [-0.15, -0.1) is 0 Å². The summed E-state index contributed by atoms with van der Waals surface area (Å²) < 4.78 is 53.3. The fourth-order valence-electron chi connectivity index (χ4n) is 2.41. The van der Waals surface area contributed by atoms with Crippen LogP contribution in [0.15, 0.2) is 42.5 Å². The third-order valence-corrected chi connectivity index (χ3v) is 3.62. The molecule has 1 heterocycles. The van der Waals surface area contributed by atoms with Crippen LogP contribution >= 0.6 is 0 Å². The van der Waals surface area contributed by atoms with Gasteiger partial charge in [0.05, 0.1) is 24.1 Å². The van der Waals surface area contributed by atoms with E-state index >= 15 is 0 Å². The minimum Gasteiger partial charge on any atom is -0.372 e. The van der Waals surface area contributed by atoms with Crippen LogP contribution < -0.4 is 5.32 Å². The van der Waals surface area contributed by atoms with Gasteiger partial charge in [0.15, 0.2) is 0 Å². The van der Waals surface area contributed by atoms with Gasteiger partial charge < -0.3 is 15.0 Å². The summed E-state index contributed by atoms with van der Waals surface area (Å²) >= 11 is 0. The number of alkyl halides is 3. The maximum absolute atomic E-state index is 13.0. The summed E-state index contributed by atoms with van der Waals surface area (Å²) in [7, 11) is 0. The van der Waals surface area contributed by atoms with Crippen molar-refractivity contribution in [3.05, 3.63) is 48.3 Å². The first-order valence-corrected chi connectivity index (χ1v) is 8.00. The number of aromatic amines is 1. The Labute approximate surface area is 151 Å². The number of imidazole rings is 1. The van der Waals surface area contributed by atoms with Gasteiger partial charge in [0.1, 0.15) is 18.2 Å². The Morgan fingerprint density at radius 2 is 1.89 bits per heavy atom. The lowest BCUT2D eigenvalue weighted by molar-refractivity contribution is -0.174. The summed E-state index contributed by atoms with van der Waals surface area (Å²) in [6, 6.07) is 10.8. The molecule has 27 heavy (non-hydrogen) atoms. The Kier molecular flexibility index (Phi) is 5.41. The highest BCUT2D eigenvalue weighted by Crippen LogP contribution is 2.23. The van der Waals surface area contributed by atoms with E-state index in [0.29, 0.717) is 28.1 Å². The Morgan fingerprint density at radius 3 is 2.59 bits per heavy atom. The number of benzene rings is 2. The Hall–Kier alpha value is -2.94. The van der Waals surface area contributed by atoms with E-state index in [9.17, 15) is 22.4 Å². The number of carbonyl (C=O) groups is 1. The second-order valence-electron chi connectivity index (χ2n) is 5.79. The Balaban J connectivity index is 1.62. The van der Waals surface area contributed by atoms with Crippen molar-refractivity contribution in [2.45, 2.75) is 12.6 Å². The molecule has 0 unspecified atom stereocenters. The summed E-state index contributed by atoms with van der Waals surface area (Å²) in [6.07, 6.45) is -4.61. The monoisotopic (exact) mass is 381 g/mol. The zero-order valence-electron chi connectivity index (χ0n) is 13.9. The van der Waals surface area contributed by atoms with E-state index < -0.39 is 18.7 Å². The first kappa shape index (κ1) is 18.8. The first-order chi connectivity index (χ1) is 12.8. The minimum atomic E-state index is -4.41. The molecule has 0 bridgehead atoms. The molecular formula is C18H15F4N3O2. The first-order valence-electron chi connectivity index (χ1n) is 8.00. The van der Waals surface area contributed by atoms with Crippen molar-refractivity contribution in [2.75, 3.05) is 18.5 Å². The van der Waals surface area contributed by atoms with Gasteiger partial charge in [-0.05, 0) is 42.5 Å². The van der Waals surface area contributed by atoms with E-state index in [0.717, 1.165) is 0 Å². The number of hydrogen-bond acceptors (Lipinski definition) is 3. The van der Waals surface area contributed by atoms with Gasteiger partial charge in [0, 0.05) is 11.3 Å². The normalized spacial score (nSPS) is 11.7. The lowest BCUT2D eigenvalue weighted by atomic mass is 10.2. The van der Waals surface area contributed by atoms with Crippen molar-refractivity contribution < 1.29 is 27.1 Å². The lowest BCUT2D eigenvalue weighted by Gasteiger charge is -2.08. The molecule has 0 atom stereocenters. The molecule has 2 N–H and O–H groups in total. The molecule has 9 heteroatoms. The fourth-order valence-corrected chi connectivity index (χ4v) is 2.41. The molecule has 1 amide bonds. The maximum atomic E-state index is 13.0. The predicted octanol–water partition coefficient (Wildman–Crippen LogP) is 4.28. The molecule has 0 radical (unpaired) electrons. The number of nitrogens with one attached hydrogen (secondary N) is 2. The van der Waals surface area contributed by atoms with E-state index in [1.165, 1.54) is 12.1 Å². The SMILES string of the molecule is O=C(CCOCC(F)(F)F)Nc1ccc2nc(-c3ccc(F)cc3)[nH]c2c1. The van der Waals surface area contributed by atoms with Crippen LogP contribution in [0.2, 0.25) is 0 Å². The van der Waals surface area contributed by atoms with E-state index in [4.69, 9.17) is 0 Å². The van der Waals surface area contributed by atoms with Gasteiger partial charge in [0.25, 0.3) is 0 Å². The summed E-state index contributed by atoms with van der Waals surface area (Å²) in [5.41, 5.74) is 2.49. The molecule has 2 aromatic carbocycles. The summed E-state index contributed by atoms with van der Waals surface area (Å²) in [6.45, 7) is -1.71. The minimum absolute atomic E-state index is 0.197. The average molecular weight is 381 g/mol. The summed E-state index contributed by atoms with van der Waals surface area (Å²) in [4.78, 5) is 19.3. The molecule has 0 aliphatic heterocycles. The number of carbonyl (C=O) groups excluding carboxylic acids is 1. The number of amides is 1. The van der Waals surface area contributed by atoms with Crippen LogP contribution in [-0.2, 0) is 9.53 Å². The van der Waals surface area contributed by atoms with Gasteiger partial charge in [-0.1, -0.05) is 0 Å². The topological polar surface area (TPSA) is 67.0 Å². The van der Waals surface area contributed by atoms with Gasteiger partial charge in [0.2, 0.25) is 5.91 Å². The molecule has 3 rings (SSSR count). The fraction of sp³-hybridized carbons (Fsp3) is 0.222. The van der Waals surface area contributed by atoms with Crippen molar-refractivity contribution >= 4 is 22.6 Å². The molecule has 3 aromatic rings. The van der Waals surface area contributed by atoms with Crippen LogP contribution in [0.4, 0.5) is 23.2 Å². The molecule has 0 saturated heterocycles. The van der Waals surface area contributed by atoms with Gasteiger partial charge >= 0.3 is 6.18 Å². The van der Waals surface area contributed by atoms with Crippen LogP contribution in [0.5, 0.6) is 0 Å². The molecule has 142 valence electrons. The molecule has 0 aliphatic rings. The highest BCUT2D eigenvalue weighted by atomic mass is 19.4. The quantitative estimate of drug-likeness (QED) is 0.495. The van der Waals surface area contributed by atoms with Crippen LogP contribution in [0.3, 0.4) is 0 Å². The number of H-pyrrole nitrogens is 1. The number of fused-ring (bicyclic) bond motifs is 1. The van der Waals surface area contributed by atoms with Crippen LogP contribution in [0.25, 0.3) is 22.4 Å². The number of anilines is 1. The van der Waals surface area contributed by atoms with E-state index in [-0.39, 0.29) is 18.8 Å². The number of rotatable bonds is 6. The molecule has 1 aromatic heterocycles. The molecular weight excluding hydrogens is 366 g/mol. The number of aromatic nitrogens is 2. The number of hydrogen-bond donors (Lipinski definition) is 2. The van der Waals surface area contributed by atoms with E-state index in [1.807, 2.05) is 0 Å². The highest BCUT2D eigenvalue weighted by Gasteiger charge is 2.27. The molecule has 0 spiro atoms. The highest BCUT2D eigenvalue weighted by molar-refractivity contribution is 5.93. The molecule has 0 saturated carbocycles. The zero-order chi connectivity index (χ0) is 19.4. The third-order valence-electron chi connectivity index (χ3n) is 3.62. The summed E-state index contributed by atoms with van der Waals surface area (Å²) in [5.74, 6) is -0.261. The smallest absolute Gasteiger partial charge is 0.372 e.